The third-order valence-electron chi connectivity index (χ3n) is 3.27. The van der Waals surface area contributed by atoms with Crippen LogP contribution in [0.2, 0.25) is 0 Å². The first-order valence-corrected chi connectivity index (χ1v) is 6.87. The molecule has 0 radical (unpaired) electrons. The number of benzene rings is 2. The average molecular weight is 275 g/mol. The lowest BCUT2D eigenvalue weighted by atomic mass is 10.0. The summed E-state index contributed by atoms with van der Waals surface area (Å²) in [6.07, 6.45) is 1.09. The van der Waals surface area contributed by atoms with Crippen LogP contribution in [0.5, 0.6) is 0 Å². The molecular weight excluding hydrogens is 256 g/mol. The van der Waals surface area contributed by atoms with Crippen molar-refractivity contribution in [1.29, 1.82) is 0 Å². The van der Waals surface area contributed by atoms with Gasteiger partial charge in [0.1, 0.15) is 11.6 Å². The number of rotatable bonds is 5. The van der Waals surface area contributed by atoms with E-state index in [0.717, 1.165) is 25.1 Å². The SMILES string of the molecule is CCCNCc1ccc(-c2cc(F)c(C)cc2F)cc1. The van der Waals surface area contributed by atoms with Crippen LogP contribution in [-0.4, -0.2) is 6.54 Å². The molecule has 20 heavy (non-hydrogen) atoms. The molecule has 0 aliphatic rings. The summed E-state index contributed by atoms with van der Waals surface area (Å²) in [5, 5.41) is 3.30. The van der Waals surface area contributed by atoms with Gasteiger partial charge < -0.3 is 5.32 Å². The Hall–Kier alpha value is -1.74. The van der Waals surface area contributed by atoms with Gasteiger partial charge in [0.25, 0.3) is 0 Å². The molecule has 1 nitrogen and oxygen atoms in total. The minimum Gasteiger partial charge on any atom is -0.313 e. The Kier molecular flexibility index (Phi) is 4.85. The maximum atomic E-state index is 13.9. The van der Waals surface area contributed by atoms with E-state index in [0.29, 0.717) is 16.7 Å². The molecule has 0 aliphatic heterocycles. The molecule has 1 N–H and O–H groups in total. The monoisotopic (exact) mass is 275 g/mol. The van der Waals surface area contributed by atoms with E-state index in [1.165, 1.54) is 12.1 Å². The van der Waals surface area contributed by atoms with Gasteiger partial charge in [0, 0.05) is 12.1 Å². The fraction of sp³-hybridized carbons (Fsp3) is 0.294. The quantitative estimate of drug-likeness (QED) is 0.795. The molecule has 0 spiro atoms. The molecule has 2 aromatic carbocycles. The van der Waals surface area contributed by atoms with Gasteiger partial charge in [-0.25, -0.2) is 8.78 Å². The van der Waals surface area contributed by atoms with E-state index in [1.807, 2.05) is 24.3 Å². The zero-order chi connectivity index (χ0) is 14.5. The summed E-state index contributed by atoms with van der Waals surface area (Å²) in [6, 6.07) is 10.0. The number of nitrogens with one attached hydrogen (secondary N) is 1. The van der Waals surface area contributed by atoms with Gasteiger partial charge >= 0.3 is 0 Å². The van der Waals surface area contributed by atoms with E-state index < -0.39 is 0 Å². The molecule has 0 heterocycles. The van der Waals surface area contributed by atoms with Gasteiger partial charge in [-0.15, -0.1) is 0 Å². The second kappa shape index (κ2) is 6.62. The van der Waals surface area contributed by atoms with Crippen molar-refractivity contribution >= 4 is 0 Å². The van der Waals surface area contributed by atoms with Crippen LogP contribution in [0.1, 0.15) is 24.5 Å². The molecular formula is C17H19F2N. The molecule has 2 aromatic rings. The summed E-state index contributed by atoms with van der Waals surface area (Å²) < 4.78 is 27.4. The fourth-order valence-corrected chi connectivity index (χ4v) is 2.08. The second-order valence-electron chi connectivity index (χ2n) is 4.95. The maximum absolute atomic E-state index is 13.9. The normalized spacial score (nSPS) is 10.8. The molecule has 2 rings (SSSR count). The zero-order valence-electron chi connectivity index (χ0n) is 11.8. The molecule has 0 saturated heterocycles. The third-order valence-corrected chi connectivity index (χ3v) is 3.27. The van der Waals surface area contributed by atoms with E-state index in [-0.39, 0.29) is 11.6 Å². The Morgan fingerprint density at radius 2 is 1.70 bits per heavy atom. The Labute approximate surface area is 118 Å². The summed E-state index contributed by atoms with van der Waals surface area (Å²) >= 11 is 0. The van der Waals surface area contributed by atoms with Gasteiger partial charge in [-0.1, -0.05) is 31.2 Å². The Morgan fingerprint density at radius 3 is 2.35 bits per heavy atom. The molecule has 3 heteroatoms. The molecule has 106 valence electrons. The Bertz CT molecular complexity index is 576. The van der Waals surface area contributed by atoms with E-state index in [4.69, 9.17) is 0 Å². The number of hydrogen-bond donors (Lipinski definition) is 1. The molecule has 0 aliphatic carbocycles. The molecule has 0 saturated carbocycles. The summed E-state index contributed by atoms with van der Waals surface area (Å²) in [4.78, 5) is 0. The lowest BCUT2D eigenvalue weighted by Crippen LogP contribution is -2.13. The molecule has 0 fully saturated rings. The predicted octanol–water partition coefficient (Wildman–Crippen LogP) is 4.44. The van der Waals surface area contributed by atoms with Crippen LogP contribution < -0.4 is 5.32 Å². The molecule has 0 bridgehead atoms. The van der Waals surface area contributed by atoms with Crippen LogP contribution in [0.15, 0.2) is 36.4 Å². The smallest absolute Gasteiger partial charge is 0.131 e. The van der Waals surface area contributed by atoms with E-state index in [2.05, 4.69) is 12.2 Å². The number of hydrogen-bond acceptors (Lipinski definition) is 1. The highest BCUT2D eigenvalue weighted by molar-refractivity contribution is 5.65. The number of halogens is 2. The predicted molar refractivity (Wildman–Crippen MR) is 78.5 cm³/mol. The zero-order valence-corrected chi connectivity index (χ0v) is 11.8. The van der Waals surface area contributed by atoms with Gasteiger partial charge in [-0.3, -0.25) is 0 Å². The topological polar surface area (TPSA) is 12.0 Å². The molecule has 0 aromatic heterocycles. The lowest BCUT2D eigenvalue weighted by molar-refractivity contribution is 0.595. The summed E-state index contributed by atoms with van der Waals surface area (Å²) in [5.74, 6) is -0.768. The largest absolute Gasteiger partial charge is 0.313 e. The highest BCUT2D eigenvalue weighted by Crippen LogP contribution is 2.25. The average Bonchev–Trinajstić information content (AvgIpc) is 2.44. The van der Waals surface area contributed by atoms with Gasteiger partial charge in [-0.2, -0.15) is 0 Å². The first kappa shape index (κ1) is 14.7. The van der Waals surface area contributed by atoms with Gasteiger partial charge in [0.15, 0.2) is 0 Å². The first-order chi connectivity index (χ1) is 9.61. The fourth-order valence-electron chi connectivity index (χ4n) is 2.08. The Morgan fingerprint density at radius 1 is 1.00 bits per heavy atom. The van der Waals surface area contributed by atoms with Gasteiger partial charge in [0.2, 0.25) is 0 Å². The van der Waals surface area contributed by atoms with Crippen molar-refractivity contribution in [3.05, 3.63) is 59.2 Å². The molecule has 0 atom stereocenters. The highest BCUT2D eigenvalue weighted by atomic mass is 19.1. The Balaban J connectivity index is 2.19. The molecule has 0 unspecified atom stereocenters. The van der Waals surface area contributed by atoms with E-state index >= 15 is 0 Å². The van der Waals surface area contributed by atoms with Crippen LogP contribution in [0.3, 0.4) is 0 Å². The minimum absolute atomic E-state index is 0.307. The van der Waals surface area contributed by atoms with Crippen molar-refractivity contribution in [3.8, 4) is 11.1 Å². The van der Waals surface area contributed by atoms with Crippen molar-refractivity contribution in [3.63, 3.8) is 0 Å². The first-order valence-electron chi connectivity index (χ1n) is 6.87. The molecule has 0 amide bonds. The van der Waals surface area contributed by atoms with Crippen molar-refractivity contribution in [2.24, 2.45) is 0 Å². The van der Waals surface area contributed by atoms with Crippen molar-refractivity contribution in [2.45, 2.75) is 26.8 Å². The van der Waals surface area contributed by atoms with Crippen LogP contribution >= 0.6 is 0 Å². The highest BCUT2D eigenvalue weighted by Gasteiger charge is 2.09. The standard InChI is InChI=1S/C17H19F2N/c1-3-8-20-11-13-4-6-14(7-5-13)15-10-16(18)12(2)9-17(15)19/h4-7,9-10,20H,3,8,11H2,1-2H3. The minimum atomic E-state index is -0.388. The summed E-state index contributed by atoms with van der Waals surface area (Å²) in [6.45, 7) is 5.44. The van der Waals surface area contributed by atoms with Gasteiger partial charge in [-0.05, 0) is 48.7 Å². The van der Waals surface area contributed by atoms with E-state index in [9.17, 15) is 8.78 Å². The van der Waals surface area contributed by atoms with Crippen molar-refractivity contribution in [2.75, 3.05) is 6.54 Å². The van der Waals surface area contributed by atoms with Crippen molar-refractivity contribution in [1.82, 2.24) is 5.32 Å². The number of aryl methyl sites for hydroxylation is 1. The maximum Gasteiger partial charge on any atom is 0.131 e. The van der Waals surface area contributed by atoms with Crippen molar-refractivity contribution < 1.29 is 8.78 Å². The van der Waals surface area contributed by atoms with Crippen LogP contribution in [0.25, 0.3) is 11.1 Å². The second-order valence-corrected chi connectivity index (χ2v) is 4.95. The summed E-state index contributed by atoms with van der Waals surface area (Å²) in [7, 11) is 0. The van der Waals surface area contributed by atoms with Crippen LogP contribution in [0.4, 0.5) is 8.78 Å². The lowest BCUT2D eigenvalue weighted by Gasteiger charge is -2.08. The van der Waals surface area contributed by atoms with Crippen LogP contribution in [-0.2, 0) is 6.54 Å². The van der Waals surface area contributed by atoms with Gasteiger partial charge in [0.05, 0.1) is 0 Å². The van der Waals surface area contributed by atoms with Crippen LogP contribution in [0, 0.1) is 18.6 Å². The summed E-state index contributed by atoms with van der Waals surface area (Å²) in [5.41, 5.74) is 2.46. The van der Waals surface area contributed by atoms with E-state index in [1.54, 1.807) is 6.92 Å². The third kappa shape index (κ3) is 3.42.